The third-order valence-electron chi connectivity index (χ3n) is 11.7. The van der Waals surface area contributed by atoms with Gasteiger partial charge in [0, 0.05) is 52.9 Å². The molecule has 0 radical (unpaired) electrons. The zero-order valence-corrected chi connectivity index (χ0v) is 34.5. The number of rotatable bonds is 9. The van der Waals surface area contributed by atoms with Gasteiger partial charge in [0.05, 0.1) is 17.7 Å². The van der Waals surface area contributed by atoms with Crippen LogP contribution in [0.15, 0.2) is 201 Å². The molecule has 0 saturated carbocycles. The Labute approximate surface area is 346 Å². The van der Waals surface area contributed by atoms with Crippen LogP contribution in [0, 0.1) is 20.8 Å². The molecule has 6 heteroatoms. The van der Waals surface area contributed by atoms with Crippen LogP contribution in [-0.2, 0) is 0 Å². The van der Waals surface area contributed by atoms with Crippen molar-refractivity contribution in [2.24, 2.45) is 0 Å². The summed E-state index contributed by atoms with van der Waals surface area (Å²) in [5.74, 6) is 2.41. The number of aromatic nitrogens is 2. The van der Waals surface area contributed by atoms with Gasteiger partial charge in [-0.25, -0.2) is 4.98 Å². The Morgan fingerprint density at radius 2 is 1.08 bits per heavy atom. The minimum absolute atomic E-state index is 0.734. The zero-order chi connectivity index (χ0) is 39.9. The van der Waals surface area contributed by atoms with Crippen LogP contribution in [0.2, 0.25) is 0 Å². The molecule has 7 aromatic carbocycles. The molecule has 1 aliphatic rings. The van der Waals surface area contributed by atoms with Crippen molar-refractivity contribution in [2.45, 2.75) is 20.8 Å². The molecule has 2 aromatic heterocycles. The van der Waals surface area contributed by atoms with Crippen molar-refractivity contribution in [3.05, 3.63) is 217 Å². The summed E-state index contributed by atoms with van der Waals surface area (Å²) < 4.78 is 8.93. The fraction of sp³-hybridized carbons (Fsp3) is 0.0755. The highest BCUT2D eigenvalue weighted by atomic mass is 28.3. The zero-order valence-electron chi connectivity index (χ0n) is 33.5. The Hall–Kier alpha value is -7.15. The number of benzene rings is 7. The third kappa shape index (κ3) is 6.38. The van der Waals surface area contributed by atoms with E-state index < -0.39 is 8.07 Å². The van der Waals surface area contributed by atoms with Crippen molar-refractivity contribution in [3.8, 4) is 17.3 Å². The second kappa shape index (κ2) is 15.0. The number of aryl methyl sites for hydroxylation is 3. The molecule has 0 fully saturated rings. The van der Waals surface area contributed by atoms with Crippen molar-refractivity contribution in [1.82, 2.24) is 9.55 Å². The third-order valence-corrected chi connectivity index (χ3v) is 16.5. The molecule has 0 N–H and O–H groups in total. The highest BCUT2D eigenvalue weighted by Crippen LogP contribution is 2.36. The molecule has 3 heterocycles. The van der Waals surface area contributed by atoms with Crippen LogP contribution in [0.5, 0.6) is 11.5 Å². The van der Waals surface area contributed by atoms with Gasteiger partial charge in [-0.1, -0.05) is 139 Å². The number of ether oxygens (including phenoxy) is 1. The first-order valence-electron chi connectivity index (χ1n) is 20.2. The topological polar surface area (TPSA) is 33.5 Å². The molecule has 0 saturated heterocycles. The molecule has 0 atom stereocenters. The van der Waals surface area contributed by atoms with E-state index in [1.54, 1.807) is 0 Å². The number of nitrogens with zero attached hydrogens (tertiary/aromatic N) is 4. The summed E-state index contributed by atoms with van der Waals surface area (Å²) in [6.07, 6.45) is 6.43. The van der Waals surface area contributed by atoms with E-state index in [-0.39, 0.29) is 0 Å². The first kappa shape index (κ1) is 36.2. The minimum Gasteiger partial charge on any atom is -0.457 e. The van der Waals surface area contributed by atoms with Crippen molar-refractivity contribution < 1.29 is 4.74 Å². The summed E-state index contributed by atoms with van der Waals surface area (Å²) in [5.41, 5.74) is 8.33. The molecule has 5 nitrogen and oxygen atoms in total. The second-order valence-electron chi connectivity index (χ2n) is 15.5. The number of fused-ring (bicyclic) bond motifs is 3. The molecule has 0 bridgehead atoms. The number of hydrogen-bond donors (Lipinski definition) is 0. The molecule has 0 spiro atoms. The van der Waals surface area contributed by atoms with Gasteiger partial charge in [0.1, 0.15) is 17.3 Å². The van der Waals surface area contributed by atoms with Gasteiger partial charge in [0.2, 0.25) is 0 Å². The van der Waals surface area contributed by atoms with E-state index in [1.165, 1.54) is 48.5 Å². The molecule has 0 amide bonds. The first-order valence-corrected chi connectivity index (χ1v) is 22.2. The van der Waals surface area contributed by atoms with E-state index in [0.29, 0.717) is 0 Å². The average Bonchev–Trinajstić information content (AvgIpc) is 3.88. The highest BCUT2D eigenvalue weighted by molar-refractivity contribution is 7.19. The van der Waals surface area contributed by atoms with E-state index in [1.807, 2.05) is 6.07 Å². The number of anilines is 2. The number of hydrogen-bond acceptors (Lipinski definition) is 4. The van der Waals surface area contributed by atoms with Crippen LogP contribution in [0.25, 0.3) is 27.6 Å². The van der Waals surface area contributed by atoms with Crippen LogP contribution >= 0.6 is 0 Å². The lowest BCUT2D eigenvalue weighted by Gasteiger charge is -2.34. The van der Waals surface area contributed by atoms with Gasteiger partial charge in [-0.2, -0.15) is 0 Å². The molecule has 0 aliphatic carbocycles. The largest absolute Gasteiger partial charge is 0.457 e. The van der Waals surface area contributed by atoms with E-state index >= 15 is 0 Å². The van der Waals surface area contributed by atoms with E-state index in [9.17, 15) is 0 Å². The fourth-order valence-corrected chi connectivity index (χ4v) is 14.0. The molecule has 0 unspecified atom stereocenters. The van der Waals surface area contributed by atoms with E-state index in [2.05, 4.69) is 230 Å². The second-order valence-corrected chi connectivity index (χ2v) is 19.3. The predicted octanol–water partition coefficient (Wildman–Crippen LogP) is 10.0. The molecule has 59 heavy (non-hydrogen) atoms. The Bertz CT molecular complexity index is 2860. The van der Waals surface area contributed by atoms with Crippen LogP contribution in [0.1, 0.15) is 16.7 Å². The summed E-state index contributed by atoms with van der Waals surface area (Å²) >= 11 is 0. The number of pyridine rings is 1. The summed E-state index contributed by atoms with van der Waals surface area (Å²) in [6.45, 7) is 7.27. The highest BCUT2D eigenvalue weighted by Gasteiger charge is 2.41. The van der Waals surface area contributed by atoms with Crippen LogP contribution < -0.4 is 35.3 Å². The van der Waals surface area contributed by atoms with Crippen molar-refractivity contribution in [3.63, 3.8) is 0 Å². The summed E-state index contributed by atoms with van der Waals surface area (Å²) in [4.78, 5) is 9.89. The number of para-hydroxylation sites is 1. The van der Waals surface area contributed by atoms with Crippen molar-refractivity contribution in [2.75, 3.05) is 16.5 Å². The summed E-state index contributed by atoms with van der Waals surface area (Å²) in [6, 6.07) is 65.3. The van der Waals surface area contributed by atoms with Gasteiger partial charge in [-0.3, -0.25) is 4.57 Å². The minimum atomic E-state index is -2.71. The van der Waals surface area contributed by atoms with Crippen LogP contribution in [0.4, 0.5) is 11.4 Å². The van der Waals surface area contributed by atoms with Crippen LogP contribution in [0.3, 0.4) is 0 Å². The Kier molecular flexibility index (Phi) is 9.19. The Balaban J connectivity index is 1.01. The maximum absolute atomic E-state index is 6.65. The van der Waals surface area contributed by atoms with Gasteiger partial charge in [0.25, 0.3) is 0 Å². The van der Waals surface area contributed by atoms with Gasteiger partial charge >= 0.3 is 0 Å². The molecular weight excluding hydrogens is 737 g/mol. The standard InChI is InChI=1S/C53H44N4OSi/c1-38-32-39(2)53(40(3)33-38)56-31-30-55(37-56)41-16-15-17-42(34-41)58-43-26-28-49-48-24-13-14-25-50(48)57(51(49)35-43)52-29-27-47(36-54-52)59(44-18-7-4-8-19-44,45-20-9-5-10-21-45)46-22-11-6-12-23-46/h4-36H,37H2,1-3H3. The van der Waals surface area contributed by atoms with Gasteiger partial charge in [0.15, 0.2) is 8.07 Å². The maximum Gasteiger partial charge on any atom is 0.181 e. The van der Waals surface area contributed by atoms with Gasteiger partial charge in [-0.15, -0.1) is 0 Å². The predicted molar refractivity (Wildman–Crippen MR) is 248 cm³/mol. The molecule has 9 aromatic rings. The van der Waals surface area contributed by atoms with Crippen molar-refractivity contribution in [1.29, 1.82) is 0 Å². The maximum atomic E-state index is 6.65. The van der Waals surface area contributed by atoms with Gasteiger partial charge in [-0.05, 0) is 89.0 Å². The molecule has 286 valence electrons. The quantitative estimate of drug-likeness (QED) is 0.108. The average molecular weight is 781 g/mol. The molecule has 10 rings (SSSR count). The lowest BCUT2D eigenvalue weighted by Crippen LogP contribution is -2.74. The SMILES string of the molecule is Cc1cc(C)c(N2C=CN(c3cccc(Oc4ccc5c6ccccc6n(-c6ccc([Si](c7ccccc7)(c7ccccc7)c7ccccc7)cn6)c5c4)c3)C2)c(C)c1. The lowest BCUT2D eigenvalue weighted by molar-refractivity contribution is 0.483. The summed E-state index contributed by atoms with van der Waals surface area (Å²) in [5, 5.41) is 7.53. The lowest BCUT2D eigenvalue weighted by atomic mass is 10.0. The first-order chi connectivity index (χ1) is 29.0. The fourth-order valence-electron chi connectivity index (χ4n) is 9.28. The van der Waals surface area contributed by atoms with Gasteiger partial charge < -0.3 is 14.5 Å². The van der Waals surface area contributed by atoms with Crippen LogP contribution in [-0.4, -0.2) is 24.3 Å². The normalized spacial score (nSPS) is 12.8. The molecular formula is C53H44N4OSi. The van der Waals surface area contributed by atoms with E-state index in [0.717, 1.165) is 46.1 Å². The Morgan fingerprint density at radius 3 is 1.73 bits per heavy atom. The van der Waals surface area contributed by atoms with E-state index in [4.69, 9.17) is 9.72 Å². The monoisotopic (exact) mass is 780 g/mol. The summed E-state index contributed by atoms with van der Waals surface area (Å²) in [7, 11) is -2.71. The van der Waals surface area contributed by atoms with Crippen molar-refractivity contribution >= 4 is 62.0 Å². The smallest absolute Gasteiger partial charge is 0.181 e. The molecule has 1 aliphatic heterocycles. The Morgan fingerprint density at radius 1 is 0.492 bits per heavy atom.